The second-order valence-corrected chi connectivity index (χ2v) is 5.16. The molecule has 0 saturated heterocycles. The van der Waals surface area contributed by atoms with Gasteiger partial charge in [0.25, 0.3) is 0 Å². The van der Waals surface area contributed by atoms with Crippen LogP contribution in [0.1, 0.15) is 25.0 Å². The molecule has 0 unspecified atom stereocenters. The third kappa shape index (κ3) is 3.48. The highest BCUT2D eigenvalue weighted by molar-refractivity contribution is 5.37. The monoisotopic (exact) mass is 246 g/mol. The van der Waals surface area contributed by atoms with Crippen LogP contribution in [0.3, 0.4) is 0 Å². The number of rotatable bonds is 5. The van der Waals surface area contributed by atoms with Crippen molar-refractivity contribution >= 4 is 0 Å². The average Bonchev–Trinajstić information content (AvgIpc) is 2.36. The summed E-state index contributed by atoms with van der Waals surface area (Å²) >= 11 is 0. The molecule has 0 atom stereocenters. The first kappa shape index (κ1) is 14.5. The van der Waals surface area contributed by atoms with Crippen LogP contribution >= 0.6 is 0 Å². The van der Waals surface area contributed by atoms with Crippen molar-refractivity contribution in [1.29, 1.82) is 5.26 Å². The highest BCUT2D eigenvalue weighted by atomic mass is 16.5. The van der Waals surface area contributed by atoms with Crippen molar-refractivity contribution in [2.45, 2.75) is 32.7 Å². The fourth-order valence-corrected chi connectivity index (χ4v) is 1.76. The molecule has 0 bridgehead atoms. The molecule has 98 valence electrons. The zero-order valence-electron chi connectivity index (χ0n) is 11.9. The van der Waals surface area contributed by atoms with Crippen LogP contribution in [0, 0.1) is 18.3 Å². The van der Waals surface area contributed by atoms with Crippen molar-refractivity contribution in [2.75, 3.05) is 20.7 Å². The summed E-state index contributed by atoms with van der Waals surface area (Å²) in [5.74, 6) is 0.920. The van der Waals surface area contributed by atoms with Gasteiger partial charge in [-0.15, -0.1) is 0 Å². The molecule has 1 rings (SSSR count). The van der Waals surface area contributed by atoms with E-state index in [4.69, 9.17) is 10.00 Å². The lowest BCUT2D eigenvalue weighted by molar-refractivity contribution is 0.213. The molecule has 0 aliphatic heterocycles. The van der Waals surface area contributed by atoms with Gasteiger partial charge in [0, 0.05) is 6.54 Å². The van der Waals surface area contributed by atoms with E-state index in [2.05, 4.69) is 24.0 Å². The van der Waals surface area contributed by atoms with Crippen molar-refractivity contribution in [3.8, 4) is 11.8 Å². The summed E-state index contributed by atoms with van der Waals surface area (Å²) in [6.07, 6.45) is 0.881. The molecule has 0 radical (unpaired) electrons. The van der Waals surface area contributed by atoms with Crippen LogP contribution in [0.5, 0.6) is 5.75 Å². The summed E-state index contributed by atoms with van der Waals surface area (Å²) in [5.41, 5.74) is 1.99. The van der Waals surface area contributed by atoms with Crippen LogP contribution in [0.15, 0.2) is 18.2 Å². The maximum absolute atomic E-state index is 9.09. The second-order valence-electron chi connectivity index (χ2n) is 5.16. The Morgan fingerprint density at radius 3 is 2.61 bits per heavy atom. The van der Waals surface area contributed by atoms with Crippen molar-refractivity contribution in [1.82, 2.24) is 4.90 Å². The number of hydrogen-bond donors (Lipinski definition) is 0. The molecule has 0 spiro atoms. The van der Waals surface area contributed by atoms with E-state index >= 15 is 0 Å². The number of methoxy groups -OCH3 is 1. The molecule has 18 heavy (non-hydrogen) atoms. The molecular weight excluding hydrogens is 224 g/mol. The standard InChI is InChI=1S/C15H22N2O/c1-12-6-7-14(18-5)13(10-12)8-9-17(4)15(2,3)11-16/h6-7,10H,8-9H2,1-5H3. The number of hydrogen-bond acceptors (Lipinski definition) is 3. The Morgan fingerprint density at radius 2 is 2.06 bits per heavy atom. The third-order valence-corrected chi connectivity index (χ3v) is 3.38. The fourth-order valence-electron chi connectivity index (χ4n) is 1.76. The molecule has 0 N–H and O–H groups in total. The van der Waals surface area contributed by atoms with E-state index in [1.807, 2.05) is 33.0 Å². The average molecular weight is 246 g/mol. The quantitative estimate of drug-likeness (QED) is 0.801. The first-order chi connectivity index (χ1) is 8.40. The Morgan fingerprint density at radius 1 is 1.39 bits per heavy atom. The van der Waals surface area contributed by atoms with Gasteiger partial charge in [-0.1, -0.05) is 17.7 Å². The second kappa shape index (κ2) is 5.88. The Bertz CT molecular complexity index is 446. The minimum atomic E-state index is -0.433. The van der Waals surface area contributed by atoms with Crippen molar-refractivity contribution in [3.05, 3.63) is 29.3 Å². The summed E-state index contributed by atoms with van der Waals surface area (Å²) in [4.78, 5) is 2.06. The largest absolute Gasteiger partial charge is 0.496 e. The number of likely N-dealkylation sites (N-methyl/N-ethyl adjacent to an activating group) is 1. The Labute approximate surface area is 110 Å². The van der Waals surface area contributed by atoms with Gasteiger partial charge in [-0.05, 0) is 45.9 Å². The molecule has 0 aliphatic carbocycles. The Hall–Kier alpha value is -1.53. The molecule has 0 saturated carbocycles. The first-order valence-corrected chi connectivity index (χ1v) is 6.16. The summed E-state index contributed by atoms with van der Waals surface area (Å²) < 4.78 is 5.36. The summed E-state index contributed by atoms with van der Waals surface area (Å²) in [6.45, 7) is 6.77. The summed E-state index contributed by atoms with van der Waals surface area (Å²) in [6, 6.07) is 8.50. The third-order valence-electron chi connectivity index (χ3n) is 3.38. The predicted octanol–water partition coefficient (Wildman–Crippen LogP) is 2.78. The first-order valence-electron chi connectivity index (χ1n) is 6.16. The number of benzene rings is 1. The smallest absolute Gasteiger partial charge is 0.122 e. The molecule has 1 aromatic rings. The van der Waals surface area contributed by atoms with E-state index in [1.54, 1.807) is 7.11 Å². The number of aryl methyl sites for hydroxylation is 1. The fraction of sp³-hybridized carbons (Fsp3) is 0.533. The highest BCUT2D eigenvalue weighted by Gasteiger charge is 2.22. The predicted molar refractivity (Wildman–Crippen MR) is 73.8 cm³/mol. The van der Waals surface area contributed by atoms with Gasteiger partial charge in [0.05, 0.1) is 13.2 Å². The van der Waals surface area contributed by atoms with E-state index in [-0.39, 0.29) is 0 Å². The summed E-state index contributed by atoms with van der Waals surface area (Å²) in [7, 11) is 3.67. The van der Waals surface area contributed by atoms with Crippen LogP contribution in [-0.2, 0) is 6.42 Å². The minimum Gasteiger partial charge on any atom is -0.496 e. The normalized spacial score (nSPS) is 11.4. The minimum absolute atomic E-state index is 0.433. The van der Waals surface area contributed by atoms with Gasteiger partial charge in [-0.25, -0.2) is 0 Å². The number of nitrogens with zero attached hydrogens (tertiary/aromatic N) is 2. The lowest BCUT2D eigenvalue weighted by atomic mass is 10.0. The molecule has 0 fully saturated rings. The maximum atomic E-state index is 9.09. The van der Waals surface area contributed by atoms with Crippen LogP contribution in [0.4, 0.5) is 0 Å². The molecule has 0 amide bonds. The van der Waals surface area contributed by atoms with Crippen LogP contribution in [0.2, 0.25) is 0 Å². The zero-order chi connectivity index (χ0) is 13.8. The van der Waals surface area contributed by atoms with Gasteiger partial charge in [0.15, 0.2) is 0 Å². The summed E-state index contributed by atoms with van der Waals surface area (Å²) in [5, 5.41) is 9.09. The molecule has 0 aromatic heterocycles. The van der Waals surface area contributed by atoms with Gasteiger partial charge < -0.3 is 4.74 Å². The van der Waals surface area contributed by atoms with Crippen molar-refractivity contribution < 1.29 is 4.74 Å². The maximum Gasteiger partial charge on any atom is 0.122 e. The van der Waals surface area contributed by atoms with Gasteiger partial charge in [0.2, 0.25) is 0 Å². The van der Waals surface area contributed by atoms with Gasteiger partial charge in [0.1, 0.15) is 11.3 Å². The van der Waals surface area contributed by atoms with E-state index < -0.39 is 5.54 Å². The van der Waals surface area contributed by atoms with Gasteiger partial charge >= 0.3 is 0 Å². The van der Waals surface area contributed by atoms with Gasteiger partial charge in [-0.2, -0.15) is 5.26 Å². The van der Waals surface area contributed by atoms with Crippen LogP contribution in [0.25, 0.3) is 0 Å². The molecule has 1 aromatic carbocycles. The topological polar surface area (TPSA) is 36.3 Å². The molecule has 3 heteroatoms. The number of nitriles is 1. The molecule has 0 aliphatic rings. The van der Waals surface area contributed by atoms with E-state index in [9.17, 15) is 0 Å². The van der Waals surface area contributed by atoms with E-state index in [0.29, 0.717) is 0 Å². The molecule has 0 heterocycles. The molecule has 3 nitrogen and oxygen atoms in total. The lowest BCUT2D eigenvalue weighted by Gasteiger charge is -2.29. The van der Waals surface area contributed by atoms with Crippen LogP contribution in [-0.4, -0.2) is 31.1 Å². The zero-order valence-corrected chi connectivity index (χ0v) is 11.9. The van der Waals surface area contributed by atoms with E-state index in [0.717, 1.165) is 18.7 Å². The lowest BCUT2D eigenvalue weighted by Crippen LogP contribution is -2.40. The van der Waals surface area contributed by atoms with E-state index in [1.165, 1.54) is 11.1 Å². The van der Waals surface area contributed by atoms with Crippen molar-refractivity contribution in [2.24, 2.45) is 0 Å². The van der Waals surface area contributed by atoms with Crippen molar-refractivity contribution in [3.63, 3.8) is 0 Å². The highest BCUT2D eigenvalue weighted by Crippen LogP contribution is 2.21. The van der Waals surface area contributed by atoms with Gasteiger partial charge in [-0.3, -0.25) is 4.90 Å². The SMILES string of the molecule is COc1ccc(C)cc1CCN(C)C(C)(C)C#N. The Kier molecular flexibility index (Phi) is 4.75. The van der Waals surface area contributed by atoms with Crippen LogP contribution < -0.4 is 4.74 Å². The Balaban J connectivity index is 2.75. The number of ether oxygens (including phenoxy) is 1. The molecular formula is C15H22N2O.